The van der Waals surface area contributed by atoms with E-state index in [2.05, 4.69) is 10.3 Å². The molecule has 9 nitrogen and oxygen atoms in total. The molecule has 0 saturated heterocycles. The van der Waals surface area contributed by atoms with Crippen molar-refractivity contribution in [1.82, 2.24) is 4.98 Å². The fourth-order valence-electron chi connectivity index (χ4n) is 2.65. The molecule has 0 saturated carbocycles. The summed E-state index contributed by atoms with van der Waals surface area (Å²) in [6, 6.07) is 10.3. The topological polar surface area (TPSA) is 132 Å². The monoisotopic (exact) mass is 490 g/mol. The number of rotatable bonds is 9. The maximum absolute atomic E-state index is 12.8. The van der Waals surface area contributed by atoms with Crippen LogP contribution in [0.3, 0.4) is 0 Å². The van der Waals surface area contributed by atoms with Crippen LogP contribution in [0.15, 0.2) is 52.7 Å². The van der Waals surface area contributed by atoms with Crippen LogP contribution in [0.1, 0.15) is 34.7 Å². The minimum atomic E-state index is -3.35. The van der Waals surface area contributed by atoms with Crippen LogP contribution in [0, 0.1) is 0 Å². The normalized spacial score (nSPS) is 12.1. The zero-order valence-corrected chi connectivity index (χ0v) is 19.7. The van der Waals surface area contributed by atoms with Crippen molar-refractivity contribution in [3.8, 4) is 17.2 Å². The number of nitrogens with zero attached hydrogens (tertiary/aromatic N) is 1. The summed E-state index contributed by atoms with van der Waals surface area (Å²) in [6.45, 7) is 2.82. The Kier molecular flexibility index (Phi) is 7.46. The van der Waals surface area contributed by atoms with Gasteiger partial charge >= 0.3 is 0 Å². The zero-order valence-electron chi connectivity index (χ0n) is 18.1. The van der Waals surface area contributed by atoms with E-state index in [9.17, 15) is 23.1 Å². The van der Waals surface area contributed by atoms with Crippen LogP contribution in [-0.4, -0.2) is 49.2 Å². The molecule has 1 heterocycles. The summed E-state index contributed by atoms with van der Waals surface area (Å²) in [7, 11) is -3.35. The van der Waals surface area contributed by atoms with Crippen molar-refractivity contribution in [2.24, 2.45) is 0 Å². The second-order valence-corrected chi connectivity index (χ2v) is 10.1. The summed E-state index contributed by atoms with van der Waals surface area (Å²) in [4.78, 5) is 28.5. The molecule has 0 bridgehead atoms. The maximum Gasteiger partial charge on any atom is 0.257 e. The first-order valence-corrected chi connectivity index (χ1v) is 12.5. The van der Waals surface area contributed by atoms with Crippen LogP contribution in [0.5, 0.6) is 17.2 Å². The van der Waals surface area contributed by atoms with Gasteiger partial charge in [-0.3, -0.25) is 14.9 Å². The van der Waals surface area contributed by atoms with Crippen molar-refractivity contribution >= 4 is 38.0 Å². The number of benzene rings is 2. The molecule has 0 fully saturated rings. The van der Waals surface area contributed by atoms with Gasteiger partial charge in [-0.1, -0.05) is 0 Å². The summed E-state index contributed by atoms with van der Waals surface area (Å²) in [5.74, 6) is 0.192. The highest BCUT2D eigenvalue weighted by Crippen LogP contribution is 2.29. The lowest BCUT2D eigenvalue weighted by atomic mass is 10.2. The molecule has 0 radical (unpaired) electrons. The van der Waals surface area contributed by atoms with Gasteiger partial charge in [-0.25, -0.2) is 13.4 Å². The van der Waals surface area contributed by atoms with Crippen molar-refractivity contribution in [2.75, 3.05) is 18.2 Å². The fraction of sp³-hybridized carbons (Fsp3) is 0.227. The minimum Gasteiger partial charge on any atom is -0.488 e. The van der Waals surface area contributed by atoms with E-state index in [1.807, 2.05) is 0 Å². The average molecular weight is 491 g/mol. The molecule has 11 heteroatoms. The van der Waals surface area contributed by atoms with Crippen LogP contribution in [0.2, 0.25) is 0 Å². The van der Waals surface area contributed by atoms with Crippen LogP contribution >= 0.6 is 11.3 Å². The van der Waals surface area contributed by atoms with Gasteiger partial charge < -0.3 is 14.6 Å². The number of amides is 1. The number of aliphatic hydroxyl groups is 1. The van der Waals surface area contributed by atoms with Crippen molar-refractivity contribution in [3.63, 3.8) is 0 Å². The first-order chi connectivity index (χ1) is 15.5. The fourth-order valence-corrected chi connectivity index (χ4v) is 4.03. The number of carbonyl (C=O) groups excluding carboxylic acids is 2. The molecule has 0 spiro atoms. The minimum absolute atomic E-state index is 0.150. The largest absolute Gasteiger partial charge is 0.488 e. The molecular weight excluding hydrogens is 468 g/mol. The van der Waals surface area contributed by atoms with Gasteiger partial charge in [0.1, 0.15) is 29.0 Å². The van der Waals surface area contributed by atoms with Gasteiger partial charge in [-0.15, -0.1) is 11.3 Å². The number of Topliss-reactive ketones (excluding diaryl/α,β-unsaturated/α-hetero) is 1. The Morgan fingerprint density at radius 1 is 1.12 bits per heavy atom. The molecule has 174 valence electrons. The number of sulfone groups is 1. The van der Waals surface area contributed by atoms with Crippen molar-refractivity contribution in [2.45, 2.75) is 24.8 Å². The Balaban J connectivity index is 1.87. The maximum atomic E-state index is 12.8. The van der Waals surface area contributed by atoms with E-state index in [1.54, 1.807) is 18.4 Å². The lowest BCUT2D eigenvalue weighted by Gasteiger charge is -2.15. The van der Waals surface area contributed by atoms with E-state index in [1.165, 1.54) is 43.3 Å². The number of carbonyl (C=O) groups is 2. The number of thiazole rings is 1. The summed E-state index contributed by atoms with van der Waals surface area (Å²) in [6.07, 6.45) is 0.584. The standard InChI is InChI=1S/C22H22N2O7S2/c1-13(11-25)30-17-8-15(21(27)24-22-23-20(12-32-22)14(2)26)9-18(10-17)31-16-4-6-19(7-5-16)33(3,28)29/h4-10,12-13,25H,11H2,1-3H3,(H,23,24,27). The summed E-state index contributed by atoms with van der Waals surface area (Å²) in [5.41, 5.74) is 0.450. The number of ketones is 1. The third-order valence-electron chi connectivity index (χ3n) is 4.31. The number of nitrogens with one attached hydrogen (secondary N) is 1. The highest BCUT2D eigenvalue weighted by molar-refractivity contribution is 7.90. The number of aliphatic hydroxyl groups excluding tert-OH is 1. The Bertz CT molecular complexity index is 1270. The molecule has 0 aliphatic heterocycles. The Morgan fingerprint density at radius 2 is 1.79 bits per heavy atom. The van der Waals surface area contributed by atoms with E-state index >= 15 is 0 Å². The first-order valence-electron chi connectivity index (χ1n) is 9.73. The van der Waals surface area contributed by atoms with Crippen LogP contribution < -0.4 is 14.8 Å². The molecule has 3 aromatic rings. The van der Waals surface area contributed by atoms with Gasteiger partial charge in [0.05, 0.1) is 11.5 Å². The molecule has 1 aromatic heterocycles. The summed E-state index contributed by atoms with van der Waals surface area (Å²) in [5, 5.41) is 13.7. The van der Waals surface area contributed by atoms with E-state index < -0.39 is 21.8 Å². The molecule has 33 heavy (non-hydrogen) atoms. The van der Waals surface area contributed by atoms with E-state index in [-0.39, 0.29) is 45.2 Å². The lowest BCUT2D eigenvalue weighted by molar-refractivity contribution is 0.100. The lowest BCUT2D eigenvalue weighted by Crippen LogP contribution is -2.17. The van der Waals surface area contributed by atoms with Gasteiger partial charge in [-0.05, 0) is 43.3 Å². The second-order valence-electron chi connectivity index (χ2n) is 7.20. The Hall–Kier alpha value is -3.28. The Morgan fingerprint density at radius 3 is 2.36 bits per heavy atom. The highest BCUT2D eigenvalue weighted by Gasteiger charge is 2.15. The van der Waals surface area contributed by atoms with E-state index in [0.717, 1.165) is 17.6 Å². The second kappa shape index (κ2) is 10.1. The van der Waals surface area contributed by atoms with Crippen LogP contribution in [-0.2, 0) is 9.84 Å². The molecule has 3 rings (SSSR count). The highest BCUT2D eigenvalue weighted by atomic mass is 32.2. The van der Waals surface area contributed by atoms with Crippen molar-refractivity contribution < 1.29 is 32.6 Å². The van der Waals surface area contributed by atoms with Crippen LogP contribution in [0.25, 0.3) is 0 Å². The summed E-state index contributed by atoms with van der Waals surface area (Å²) >= 11 is 1.12. The zero-order chi connectivity index (χ0) is 24.2. The molecule has 1 unspecified atom stereocenters. The molecule has 2 N–H and O–H groups in total. The van der Waals surface area contributed by atoms with E-state index in [4.69, 9.17) is 9.47 Å². The van der Waals surface area contributed by atoms with Crippen molar-refractivity contribution in [1.29, 1.82) is 0 Å². The summed E-state index contributed by atoms with van der Waals surface area (Å²) < 4.78 is 34.7. The first kappa shape index (κ1) is 24.4. The molecule has 1 amide bonds. The molecule has 0 aliphatic rings. The number of hydrogen-bond acceptors (Lipinski definition) is 9. The number of aromatic nitrogens is 1. The average Bonchev–Trinajstić information content (AvgIpc) is 3.22. The predicted molar refractivity (Wildman–Crippen MR) is 123 cm³/mol. The smallest absolute Gasteiger partial charge is 0.257 e. The third-order valence-corrected chi connectivity index (χ3v) is 6.20. The van der Waals surface area contributed by atoms with Gasteiger partial charge in [0.2, 0.25) is 0 Å². The van der Waals surface area contributed by atoms with Crippen molar-refractivity contribution in [3.05, 3.63) is 59.1 Å². The van der Waals surface area contributed by atoms with Gasteiger partial charge in [0, 0.05) is 30.2 Å². The number of ether oxygens (including phenoxy) is 2. The molecule has 0 aliphatic carbocycles. The third kappa shape index (κ3) is 6.60. The van der Waals surface area contributed by atoms with Crippen LogP contribution in [0.4, 0.5) is 5.13 Å². The van der Waals surface area contributed by atoms with Gasteiger partial charge in [0.25, 0.3) is 5.91 Å². The van der Waals surface area contributed by atoms with E-state index in [0.29, 0.717) is 5.75 Å². The Labute approximate surface area is 194 Å². The van der Waals surface area contributed by atoms with Gasteiger partial charge in [0.15, 0.2) is 20.8 Å². The molecule has 1 atom stereocenters. The number of anilines is 1. The SMILES string of the molecule is CC(=O)c1csc(NC(=O)c2cc(Oc3ccc(S(C)(=O)=O)cc3)cc(OC(C)CO)c2)n1. The number of hydrogen-bond donors (Lipinski definition) is 2. The predicted octanol–water partition coefficient (Wildman–Crippen LogP) is 3.55. The molecular formula is C22H22N2O7S2. The van der Waals surface area contributed by atoms with Gasteiger partial charge in [-0.2, -0.15) is 0 Å². The quantitative estimate of drug-likeness (QED) is 0.435. The molecule has 2 aromatic carbocycles.